The van der Waals surface area contributed by atoms with Crippen LogP contribution in [0.1, 0.15) is 24.2 Å². The Morgan fingerprint density at radius 2 is 1.94 bits per heavy atom. The molecule has 1 aliphatic rings. The molecule has 0 bridgehead atoms. The molecule has 1 fully saturated rings. The summed E-state index contributed by atoms with van der Waals surface area (Å²) in [6.07, 6.45) is 2.17. The monoisotopic (exact) mass is 469 g/mol. The normalized spacial score (nSPS) is 16.7. The van der Waals surface area contributed by atoms with Gasteiger partial charge in [-0.05, 0) is 49.7 Å². The number of carbonyl (C=O) groups excluding carboxylic acids is 1. The summed E-state index contributed by atoms with van der Waals surface area (Å²) in [6, 6.07) is 13.4. The molecule has 3 aromatic rings. The lowest BCUT2D eigenvalue weighted by Crippen LogP contribution is -2.48. The topological polar surface area (TPSA) is 83.6 Å². The summed E-state index contributed by atoms with van der Waals surface area (Å²) in [5, 5.41) is 18.7. The molecule has 0 radical (unpaired) electrons. The lowest BCUT2D eigenvalue weighted by atomic mass is 10.0. The molecule has 8 heteroatoms. The van der Waals surface area contributed by atoms with Crippen LogP contribution < -0.4 is 10.6 Å². The van der Waals surface area contributed by atoms with E-state index >= 15 is 0 Å². The highest BCUT2D eigenvalue weighted by atomic mass is 35.5. The number of hydrogen-bond acceptors (Lipinski definition) is 4. The fraction of sp³-hybridized carbons (Fsp3) is 0.400. The summed E-state index contributed by atoms with van der Waals surface area (Å²) in [5.41, 5.74) is 3.69. The number of urea groups is 1. The van der Waals surface area contributed by atoms with Gasteiger partial charge in [-0.25, -0.2) is 4.79 Å². The molecule has 2 atom stereocenters. The van der Waals surface area contributed by atoms with Crippen molar-refractivity contribution in [2.75, 3.05) is 45.1 Å². The zero-order valence-electron chi connectivity index (χ0n) is 19.1. The minimum absolute atomic E-state index is 0.0585. The van der Waals surface area contributed by atoms with Gasteiger partial charge in [0.1, 0.15) is 0 Å². The summed E-state index contributed by atoms with van der Waals surface area (Å²) in [5.74, 6) is 0. The van der Waals surface area contributed by atoms with Crippen LogP contribution in [0.15, 0.2) is 48.7 Å². The molecule has 33 heavy (non-hydrogen) atoms. The Balaban J connectivity index is 1.37. The van der Waals surface area contributed by atoms with E-state index in [1.807, 2.05) is 35.4 Å². The molecule has 0 aliphatic carbocycles. The number of nitrogens with one attached hydrogen (secondary N) is 3. The van der Waals surface area contributed by atoms with Crippen LogP contribution in [0.2, 0.25) is 5.02 Å². The van der Waals surface area contributed by atoms with Crippen molar-refractivity contribution in [3.8, 4) is 0 Å². The minimum Gasteiger partial charge on any atom is -0.387 e. The van der Waals surface area contributed by atoms with Gasteiger partial charge < -0.3 is 30.5 Å². The fourth-order valence-corrected chi connectivity index (χ4v) is 4.43. The van der Waals surface area contributed by atoms with Crippen LogP contribution >= 0.6 is 11.6 Å². The Morgan fingerprint density at radius 1 is 1.18 bits per heavy atom. The van der Waals surface area contributed by atoms with E-state index < -0.39 is 6.10 Å². The smallest absolute Gasteiger partial charge is 0.321 e. The maximum Gasteiger partial charge on any atom is 0.321 e. The first-order chi connectivity index (χ1) is 15.9. The number of fused-ring (bicyclic) bond motifs is 1. The molecule has 7 nitrogen and oxygen atoms in total. The number of carbonyl (C=O) groups is 1. The molecule has 4 rings (SSSR count). The van der Waals surface area contributed by atoms with Crippen molar-refractivity contribution in [3.63, 3.8) is 0 Å². The van der Waals surface area contributed by atoms with E-state index in [0.717, 1.165) is 60.3 Å². The molecule has 0 spiro atoms. The SMILES string of the molecule is C[C@H](Cc1c[nH]c2c(NC(=O)N3CCN(C)CC3)cccc12)NC[C@H](O)c1cccc(Cl)c1. The van der Waals surface area contributed by atoms with Crippen LogP contribution in [0.4, 0.5) is 10.5 Å². The summed E-state index contributed by atoms with van der Waals surface area (Å²) in [7, 11) is 2.07. The molecular weight excluding hydrogens is 438 g/mol. The largest absolute Gasteiger partial charge is 0.387 e. The number of aromatic nitrogens is 1. The van der Waals surface area contributed by atoms with E-state index in [2.05, 4.69) is 40.6 Å². The average Bonchev–Trinajstić information content (AvgIpc) is 3.21. The lowest BCUT2D eigenvalue weighted by Gasteiger charge is -2.32. The van der Waals surface area contributed by atoms with Gasteiger partial charge >= 0.3 is 6.03 Å². The number of anilines is 1. The average molecular weight is 470 g/mol. The van der Waals surface area contributed by atoms with Crippen molar-refractivity contribution in [3.05, 3.63) is 64.8 Å². The molecular formula is C25H32ClN5O2. The van der Waals surface area contributed by atoms with Gasteiger partial charge in [-0.2, -0.15) is 0 Å². The fourth-order valence-electron chi connectivity index (χ4n) is 4.24. The van der Waals surface area contributed by atoms with Crippen molar-refractivity contribution in [1.82, 2.24) is 20.1 Å². The summed E-state index contributed by atoms with van der Waals surface area (Å²) in [6.45, 7) is 5.79. The van der Waals surface area contributed by atoms with Gasteiger partial charge in [0.05, 0.1) is 17.3 Å². The van der Waals surface area contributed by atoms with Gasteiger partial charge in [0.2, 0.25) is 0 Å². The first-order valence-electron chi connectivity index (χ1n) is 11.4. The van der Waals surface area contributed by atoms with E-state index in [0.29, 0.717) is 11.6 Å². The highest BCUT2D eigenvalue weighted by Gasteiger charge is 2.20. The number of amides is 2. The van der Waals surface area contributed by atoms with Crippen LogP contribution in [0.5, 0.6) is 0 Å². The molecule has 0 unspecified atom stereocenters. The number of hydrogen-bond donors (Lipinski definition) is 4. The number of nitrogens with zero attached hydrogens (tertiary/aromatic N) is 2. The van der Waals surface area contributed by atoms with Crippen LogP contribution in [-0.4, -0.2) is 71.7 Å². The third kappa shape index (κ3) is 5.86. The van der Waals surface area contributed by atoms with Gasteiger partial charge in [-0.3, -0.25) is 0 Å². The van der Waals surface area contributed by atoms with Crippen LogP contribution in [0.25, 0.3) is 10.9 Å². The quantitative estimate of drug-likeness (QED) is 0.423. The Bertz CT molecular complexity index is 1090. The van der Waals surface area contributed by atoms with Crippen LogP contribution in [0, 0.1) is 0 Å². The Labute approximate surface area is 199 Å². The van der Waals surface area contributed by atoms with E-state index in [-0.39, 0.29) is 12.1 Å². The molecule has 1 aromatic heterocycles. The van der Waals surface area contributed by atoms with Gasteiger partial charge in [0, 0.05) is 55.4 Å². The van der Waals surface area contributed by atoms with Gasteiger partial charge in [-0.1, -0.05) is 35.9 Å². The zero-order chi connectivity index (χ0) is 23.4. The molecule has 2 heterocycles. The maximum absolute atomic E-state index is 12.7. The van der Waals surface area contributed by atoms with E-state index in [1.165, 1.54) is 0 Å². The van der Waals surface area contributed by atoms with Gasteiger partial charge in [0.15, 0.2) is 0 Å². The number of aromatic amines is 1. The van der Waals surface area contributed by atoms with Crippen molar-refractivity contribution < 1.29 is 9.90 Å². The first-order valence-corrected chi connectivity index (χ1v) is 11.8. The molecule has 4 N–H and O–H groups in total. The zero-order valence-corrected chi connectivity index (χ0v) is 19.9. The van der Waals surface area contributed by atoms with Crippen molar-refractivity contribution in [2.24, 2.45) is 0 Å². The number of para-hydroxylation sites is 1. The summed E-state index contributed by atoms with van der Waals surface area (Å²) in [4.78, 5) is 20.2. The highest BCUT2D eigenvalue weighted by Crippen LogP contribution is 2.27. The lowest BCUT2D eigenvalue weighted by molar-refractivity contribution is 0.164. The van der Waals surface area contributed by atoms with Crippen molar-refractivity contribution >= 4 is 34.2 Å². The second-order valence-electron chi connectivity index (χ2n) is 8.85. The van der Waals surface area contributed by atoms with Crippen molar-refractivity contribution in [1.29, 1.82) is 0 Å². The summed E-state index contributed by atoms with van der Waals surface area (Å²) >= 11 is 6.03. The standard InChI is InChI=1S/C25H32ClN5O2/c1-17(27-16-23(32)18-5-3-6-20(26)14-18)13-19-15-28-24-21(19)7-4-8-22(24)29-25(33)31-11-9-30(2)10-12-31/h3-8,14-15,17,23,27-28,32H,9-13,16H2,1-2H3,(H,29,33)/t17-,23+/m1/s1. The van der Waals surface area contributed by atoms with Gasteiger partial charge in [-0.15, -0.1) is 0 Å². The summed E-state index contributed by atoms with van der Waals surface area (Å²) < 4.78 is 0. The van der Waals surface area contributed by atoms with E-state index in [9.17, 15) is 9.90 Å². The number of halogens is 1. The number of rotatable bonds is 7. The maximum atomic E-state index is 12.7. The third-order valence-electron chi connectivity index (χ3n) is 6.25. The molecule has 1 saturated heterocycles. The minimum atomic E-state index is -0.620. The van der Waals surface area contributed by atoms with Gasteiger partial charge in [0.25, 0.3) is 0 Å². The number of aliphatic hydroxyl groups is 1. The second kappa shape index (κ2) is 10.6. The van der Waals surface area contributed by atoms with E-state index in [4.69, 9.17) is 11.6 Å². The molecule has 176 valence electrons. The van der Waals surface area contributed by atoms with Crippen LogP contribution in [0.3, 0.4) is 0 Å². The highest BCUT2D eigenvalue weighted by molar-refractivity contribution is 6.30. The predicted molar refractivity (Wildman–Crippen MR) is 134 cm³/mol. The number of aliphatic hydroxyl groups excluding tert-OH is 1. The number of piperazine rings is 1. The first kappa shape index (κ1) is 23.6. The molecule has 0 saturated carbocycles. The number of benzene rings is 2. The predicted octanol–water partition coefficient (Wildman–Crippen LogP) is 3.85. The molecule has 2 amide bonds. The molecule has 1 aliphatic heterocycles. The number of H-pyrrole nitrogens is 1. The third-order valence-corrected chi connectivity index (χ3v) is 6.49. The Kier molecular flexibility index (Phi) is 7.55. The Morgan fingerprint density at radius 3 is 2.70 bits per heavy atom. The van der Waals surface area contributed by atoms with E-state index in [1.54, 1.807) is 12.1 Å². The molecule has 2 aromatic carbocycles. The second-order valence-corrected chi connectivity index (χ2v) is 9.28. The number of likely N-dealkylation sites (N-methyl/N-ethyl adjacent to an activating group) is 1. The van der Waals surface area contributed by atoms with Crippen molar-refractivity contribution in [2.45, 2.75) is 25.5 Å². The Hall–Kier alpha value is -2.58. The van der Waals surface area contributed by atoms with Crippen LogP contribution in [-0.2, 0) is 6.42 Å².